The lowest BCUT2D eigenvalue weighted by Gasteiger charge is -2.43. The first-order valence-electron chi connectivity index (χ1n) is 8.19. The van der Waals surface area contributed by atoms with Gasteiger partial charge in [-0.25, -0.2) is 4.79 Å². The van der Waals surface area contributed by atoms with E-state index in [0.29, 0.717) is 11.6 Å². The van der Waals surface area contributed by atoms with Gasteiger partial charge in [0, 0.05) is 11.5 Å². The van der Waals surface area contributed by atoms with Gasteiger partial charge in [0.15, 0.2) is 0 Å². The van der Waals surface area contributed by atoms with Crippen LogP contribution >= 0.6 is 0 Å². The van der Waals surface area contributed by atoms with Crippen molar-refractivity contribution < 1.29 is 14.7 Å². The minimum absolute atomic E-state index is 0.107. The average Bonchev–Trinajstić information content (AvgIpc) is 2.55. The van der Waals surface area contributed by atoms with E-state index in [4.69, 9.17) is 9.73 Å². The highest BCUT2D eigenvalue weighted by molar-refractivity contribution is 6.69. The second-order valence-corrected chi connectivity index (χ2v) is 6.37. The summed E-state index contributed by atoms with van der Waals surface area (Å²) >= 11 is 0. The van der Waals surface area contributed by atoms with Gasteiger partial charge in [-0.1, -0.05) is 42.3 Å². The molecule has 1 fully saturated rings. The third kappa shape index (κ3) is 2.64. The van der Waals surface area contributed by atoms with Crippen molar-refractivity contribution in [3.63, 3.8) is 0 Å². The Morgan fingerprint density at radius 1 is 1.43 bits per heavy atom. The molecule has 0 amide bonds. The molecule has 1 N–H and O–H groups in total. The van der Waals surface area contributed by atoms with Crippen molar-refractivity contribution in [3.8, 4) is 0 Å². The maximum atomic E-state index is 12.2. The zero-order chi connectivity index (χ0) is 16.4. The average molecular weight is 314 g/mol. The Morgan fingerprint density at radius 3 is 2.96 bits per heavy atom. The van der Waals surface area contributed by atoms with E-state index in [1.165, 1.54) is 12.0 Å². The molecule has 0 saturated heterocycles. The van der Waals surface area contributed by atoms with Crippen LogP contribution in [-0.4, -0.2) is 34.7 Å². The summed E-state index contributed by atoms with van der Waals surface area (Å²) in [6.07, 6.45) is 4.38. The molecule has 2 aliphatic rings. The lowest BCUT2D eigenvalue weighted by molar-refractivity contribution is -0.134. The topological polar surface area (TPSA) is 71.2 Å². The second kappa shape index (κ2) is 6.14. The van der Waals surface area contributed by atoms with Crippen molar-refractivity contribution in [2.45, 2.75) is 51.0 Å². The van der Waals surface area contributed by atoms with Crippen molar-refractivity contribution in [3.05, 3.63) is 35.4 Å². The number of hydrogen-bond acceptors (Lipinski definition) is 5. The number of nitrogens with zero attached hydrogens (tertiary/aromatic N) is 2. The predicted octanol–water partition coefficient (Wildman–Crippen LogP) is 3.30. The van der Waals surface area contributed by atoms with E-state index < -0.39 is 5.97 Å². The number of carbonyl (C=O) groups excluding carboxylic acids is 1. The van der Waals surface area contributed by atoms with Crippen LogP contribution in [0.15, 0.2) is 34.4 Å². The molecule has 1 aliphatic heterocycles. The lowest BCUT2D eigenvalue weighted by atomic mass is 9.67. The molecule has 1 heterocycles. The molecule has 1 aliphatic carbocycles. The molecule has 2 atom stereocenters. The first-order valence-corrected chi connectivity index (χ1v) is 8.19. The van der Waals surface area contributed by atoms with E-state index in [1.54, 1.807) is 6.92 Å². The van der Waals surface area contributed by atoms with Crippen LogP contribution in [0.4, 0.5) is 0 Å². The largest absolute Gasteiger partial charge is 0.461 e. The number of hydrogen-bond donors (Lipinski definition) is 1. The van der Waals surface area contributed by atoms with Gasteiger partial charge < -0.3 is 9.94 Å². The van der Waals surface area contributed by atoms with Crippen LogP contribution in [0, 0.1) is 0 Å². The fourth-order valence-corrected chi connectivity index (χ4v) is 3.84. The van der Waals surface area contributed by atoms with Crippen LogP contribution < -0.4 is 0 Å². The maximum absolute atomic E-state index is 12.2. The van der Waals surface area contributed by atoms with Gasteiger partial charge in [-0.3, -0.25) is 4.99 Å². The van der Waals surface area contributed by atoms with Crippen molar-refractivity contribution in [1.82, 2.24) is 0 Å². The van der Waals surface area contributed by atoms with E-state index in [9.17, 15) is 10.0 Å². The number of aliphatic imine (C=N–C) groups is 1. The number of fused-ring (bicyclic) bond motifs is 3. The van der Waals surface area contributed by atoms with Gasteiger partial charge in [0.1, 0.15) is 5.71 Å². The van der Waals surface area contributed by atoms with Gasteiger partial charge in [0.25, 0.3) is 0 Å². The fraction of sp³-hybridized carbons (Fsp3) is 0.500. The van der Waals surface area contributed by atoms with Crippen LogP contribution in [0.25, 0.3) is 0 Å². The molecule has 3 rings (SSSR count). The van der Waals surface area contributed by atoms with Crippen LogP contribution in [0.1, 0.15) is 56.6 Å². The Kier molecular flexibility index (Phi) is 4.20. The molecule has 0 aromatic heterocycles. The summed E-state index contributed by atoms with van der Waals surface area (Å²) in [5.74, 6) is -0.292. The summed E-state index contributed by atoms with van der Waals surface area (Å²) in [4.78, 5) is 17.0. The van der Waals surface area contributed by atoms with E-state index in [2.05, 4.69) is 18.1 Å². The predicted molar refractivity (Wildman–Crippen MR) is 88.4 cm³/mol. The molecule has 5 heteroatoms. The quantitative estimate of drug-likeness (QED) is 0.403. The molecule has 5 nitrogen and oxygen atoms in total. The fourth-order valence-electron chi connectivity index (χ4n) is 3.84. The van der Waals surface area contributed by atoms with Gasteiger partial charge in [-0.15, -0.1) is 0 Å². The minimum atomic E-state index is -0.638. The Hall–Kier alpha value is -2.17. The Morgan fingerprint density at radius 2 is 2.22 bits per heavy atom. The number of rotatable bonds is 3. The highest BCUT2D eigenvalue weighted by Crippen LogP contribution is 2.47. The molecule has 0 radical (unpaired) electrons. The SMILES string of the molecule is CCOC(=O)/C(=N\O)C1=N[C@]2(C)CCCC[C@H]2c2ccccc21. The number of oxime groups is 1. The number of carbonyl (C=O) groups is 1. The lowest BCUT2D eigenvalue weighted by Crippen LogP contribution is -2.42. The van der Waals surface area contributed by atoms with Crippen molar-refractivity contribution in [2.75, 3.05) is 6.61 Å². The Labute approximate surface area is 136 Å². The van der Waals surface area contributed by atoms with Crippen molar-refractivity contribution in [1.29, 1.82) is 0 Å². The van der Waals surface area contributed by atoms with Crippen molar-refractivity contribution >= 4 is 17.4 Å². The van der Waals surface area contributed by atoms with E-state index in [0.717, 1.165) is 24.8 Å². The molecule has 122 valence electrons. The van der Waals surface area contributed by atoms with Crippen LogP contribution in [0.2, 0.25) is 0 Å². The van der Waals surface area contributed by atoms with E-state index in [-0.39, 0.29) is 17.9 Å². The summed E-state index contributed by atoms with van der Waals surface area (Å²) in [7, 11) is 0. The van der Waals surface area contributed by atoms with Crippen molar-refractivity contribution in [2.24, 2.45) is 10.1 Å². The highest BCUT2D eigenvalue weighted by atomic mass is 16.5. The number of ether oxygens (including phenoxy) is 1. The molecule has 0 bridgehead atoms. The Balaban J connectivity index is 2.13. The molecule has 23 heavy (non-hydrogen) atoms. The number of esters is 1. The number of benzene rings is 1. The minimum Gasteiger partial charge on any atom is -0.461 e. The van der Waals surface area contributed by atoms with Crippen LogP contribution in [0.3, 0.4) is 0 Å². The zero-order valence-corrected chi connectivity index (χ0v) is 13.6. The van der Waals surface area contributed by atoms with Crippen LogP contribution in [-0.2, 0) is 9.53 Å². The first-order chi connectivity index (χ1) is 11.1. The molecular weight excluding hydrogens is 292 g/mol. The summed E-state index contributed by atoms with van der Waals surface area (Å²) in [5, 5.41) is 12.6. The summed E-state index contributed by atoms with van der Waals surface area (Å²) in [5.41, 5.74) is 2.14. The normalized spacial score (nSPS) is 26.8. The summed E-state index contributed by atoms with van der Waals surface area (Å²) < 4.78 is 5.02. The molecule has 1 aromatic carbocycles. The first kappa shape index (κ1) is 15.7. The van der Waals surface area contributed by atoms with Gasteiger partial charge in [-0.2, -0.15) is 0 Å². The zero-order valence-electron chi connectivity index (χ0n) is 13.6. The molecule has 1 saturated carbocycles. The van der Waals surface area contributed by atoms with E-state index >= 15 is 0 Å². The smallest absolute Gasteiger partial charge is 0.362 e. The third-order valence-electron chi connectivity index (χ3n) is 4.93. The molecule has 0 spiro atoms. The maximum Gasteiger partial charge on any atom is 0.362 e. The van der Waals surface area contributed by atoms with Gasteiger partial charge in [-0.05, 0) is 32.3 Å². The summed E-state index contributed by atoms with van der Waals surface area (Å²) in [6, 6.07) is 7.96. The Bertz CT molecular complexity index is 681. The summed E-state index contributed by atoms with van der Waals surface area (Å²) in [6.45, 7) is 4.08. The second-order valence-electron chi connectivity index (χ2n) is 6.37. The molecule has 0 unspecified atom stereocenters. The molecular formula is C18H22N2O3. The van der Waals surface area contributed by atoms with Gasteiger partial charge in [0.2, 0.25) is 5.71 Å². The monoisotopic (exact) mass is 314 g/mol. The van der Waals surface area contributed by atoms with Crippen LogP contribution in [0.5, 0.6) is 0 Å². The highest BCUT2D eigenvalue weighted by Gasteiger charge is 2.43. The molecule has 1 aromatic rings. The van der Waals surface area contributed by atoms with Gasteiger partial charge >= 0.3 is 5.97 Å². The standard InChI is InChI=1S/C18H22N2O3/c1-3-23-17(21)16(20-22)15-13-9-5-4-8-12(13)14-10-6-7-11-18(14,2)19-15/h4-5,8-9,14,22H,3,6-7,10-11H2,1-2H3/b20-16-/t14-,18+/m0/s1. The van der Waals surface area contributed by atoms with Gasteiger partial charge in [0.05, 0.1) is 12.1 Å². The van der Waals surface area contributed by atoms with E-state index in [1.807, 2.05) is 18.2 Å². The third-order valence-corrected chi connectivity index (χ3v) is 4.93.